The summed E-state index contributed by atoms with van der Waals surface area (Å²) in [7, 11) is 0. The maximum atomic E-state index is 11.3. The molecule has 2 aromatic rings. The smallest absolute Gasteiger partial charge is 0.360 e. The van der Waals surface area contributed by atoms with Gasteiger partial charge >= 0.3 is 5.97 Å². The van der Waals surface area contributed by atoms with E-state index in [1.165, 1.54) is 6.20 Å². The minimum Gasteiger partial charge on any atom is -0.461 e. The number of hydrogen-bond donors (Lipinski definition) is 1. The largest absolute Gasteiger partial charge is 0.461 e. The lowest BCUT2D eigenvalue weighted by atomic mass is 10.2. The summed E-state index contributed by atoms with van der Waals surface area (Å²) in [6.07, 6.45) is 5.47. The molecule has 2 aromatic heterocycles. The van der Waals surface area contributed by atoms with Gasteiger partial charge in [-0.3, -0.25) is 10.1 Å². The lowest BCUT2D eigenvalue weighted by Gasteiger charge is -2.01. The van der Waals surface area contributed by atoms with E-state index in [9.17, 15) is 4.79 Å². The number of nitrogens with zero attached hydrogens (tertiary/aromatic N) is 3. The van der Waals surface area contributed by atoms with Crippen molar-refractivity contribution >= 4 is 5.97 Å². The standard InChI is InChI=1S/C10H10N4O2/c15-10(9-7-12-14-13-9)16-5-3-8-2-1-4-11-6-8/h1-2,4,6-7H,3,5H2,(H,12,13,14). The van der Waals surface area contributed by atoms with Crippen molar-refractivity contribution in [3.8, 4) is 0 Å². The van der Waals surface area contributed by atoms with E-state index in [0.29, 0.717) is 13.0 Å². The highest BCUT2D eigenvalue weighted by Gasteiger charge is 2.09. The molecule has 2 heterocycles. The quantitative estimate of drug-likeness (QED) is 0.760. The molecule has 6 heteroatoms. The van der Waals surface area contributed by atoms with Crippen LogP contribution in [0.15, 0.2) is 30.7 Å². The summed E-state index contributed by atoms with van der Waals surface area (Å²) in [6, 6.07) is 3.77. The van der Waals surface area contributed by atoms with E-state index in [4.69, 9.17) is 4.74 Å². The number of nitrogens with one attached hydrogen (secondary N) is 1. The van der Waals surface area contributed by atoms with Gasteiger partial charge in [0.05, 0.1) is 12.8 Å². The average molecular weight is 218 g/mol. The van der Waals surface area contributed by atoms with Crippen molar-refractivity contribution in [1.82, 2.24) is 20.4 Å². The molecule has 6 nitrogen and oxygen atoms in total. The number of aromatic nitrogens is 4. The molecule has 0 radical (unpaired) electrons. The van der Waals surface area contributed by atoms with E-state index in [1.54, 1.807) is 12.4 Å². The minimum atomic E-state index is -0.474. The topological polar surface area (TPSA) is 80.8 Å². The predicted octanol–water partition coefficient (Wildman–Crippen LogP) is 0.599. The first-order valence-electron chi connectivity index (χ1n) is 4.79. The lowest BCUT2D eigenvalue weighted by Crippen LogP contribution is -2.08. The van der Waals surface area contributed by atoms with E-state index in [0.717, 1.165) is 5.56 Å². The van der Waals surface area contributed by atoms with E-state index in [-0.39, 0.29) is 5.69 Å². The third kappa shape index (κ3) is 2.63. The first kappa shape index (κ1) is 10.3. The Kier molecular flexibility index (Phi) is 3.22. The van der Waals surface area contributed by atoms with Crippen LogP contribution in [0.3, 0.4) is 0 Å². The van der Waals surface area contributed by atoms with Gasteiger partial charge in [0, 0.05) is 18.8 Å². The number of pyridine rings is 1. The highest BCUT2D eigenvalue weighted by molar-refractivity contribution is 5.86. The van der Waals surface area contributed by atoms with Gasteiger partial charge in [0.2, 0.25) is 0 Å². The van der Waals surface area contributed by atoms with Gasteiger partial charge < -0.3 is 4.74 Å². The molecule has 0 bridgehead atoms. The van der Waals surface area contributed by atoms with Crippen molar-refractivity contribution < 1.29 is 9.53 Å². The second-order valence-corrected chi connectivity index (χ2v) is 3.11. The molecule has 0 fully saturated rings. The monoisotopic (exact) mass is 218 g/mol. The minimum absolute atomic E-state index is 0.186. The Morgan fingerprint density at radius 1 is 1.50 bits per heavy atom. The molecule has 2 rings (SSSR count). The number of hydrogen-bond acceptors (Lipinski definition) is 5. The molecule has 0 aromatic carbocycles. The molecule has 0 amide bonds. The van der Waals surface area contributed by atoms with Crippen molar-refractivity contribution in [2.24, 2.45) is 0 Å². The zero-order valence-corrected chi connectivity index (χ0v) is 8.46. The van der Waals surface area contributed by atoms with E-state index in [1.807, 2.05) is 12.1 Å². The summed E-state index contributed by atoms with van der Waals surface area (Å²) in [6.45, 7) is 0.303. The third-order valence-corrected chi connectivity index (χ3v) is 1.97. The zero-order chi connectivity index (χ0) is 11.2. The van der Waals surface area contributed by atoms with Crippen molar-refractivity contribution in [1.29, 1.82) is 0 Å². The van der Waals surface area contributed by atoms with Gasteiger partial charge in [0.15, 0.2) is 5.69 Å². The molecule has 0 unspecified atom stereocenters. The average Bonchev–Trinajstić information content (AvgIpc) is 2.84. The highest BCUT2D eigenvalue weighted by atomic mass is 16.5. The molecular weight excluding hydrogens is 208 g/mol. The number of ether oxygens (including phenoxy) is 1. The molecular formula is C10H10N4O2. The van der Waals surface area contributed by atoms with E-state index >= 15 is 0 Å². The van der Waals surface area contributed by atoms with Gasteiger partial charge in [-0.2, -0.15) is 0 Å². The van der Waals surface area contributed by atoms with Crippen LogP contribution in [0.5, 0.6) is 0 Å². The summed E-state index contributed by atoms with van der Waals surface area (Å²) in [5, 5.41) is 9.42. The maximum Gasteiger partial charge on any atom is 0.360 e. The Morgan fingerprint density at radius 2 is 2.44 bits per heavy atom. The number of esters is 1. The summed E-state index contributed by atoms with van der Waals surface area (Å²) >= 11 is 0. The molecule has 82 valence electrons. The molecule has 0 aliphatic heterocycles. The first-order valence-corrected chi connectivity index (χ1v) is 4.79. The number of aromatic amines is 1. The Labute approximate surface area is 91.7 Å². The van der Waals surface area contributed by atoms with E-state index < -0.39 is 5.97 Å². The number of carbonyl (C=O) groups excluding carboxylic acids is 1. The van der Waals surface area contributed by atoms with Crippen LogP contribution in [0.4, 0.5) is 0 Å². The number of carbonyl (C=O) groups is 1. The summed E-state index contributed by atoms with van der Waals surface area (Å²) in [5.41, 5.74) is 1.21. The molecule has 1 N–H and O–H groups in total. The molecule has 0 aliphatic rings. The van der Waals surface area contributed by atoms with Crippen molar-refractivity contribution in [3.05, 3.63) is 42.0 Å². The van der Waals surface area contributed by atoms with Crippen LogP contribution in [-0.2, 0) is 11.2 Å². The molecule has 0 saturated heterocycles. The molecule has 0 aliphatic carbocycles. The van der Waals surface area contributed by atoms with Gasteiger partial charge in [-0.15, -0.1) is 5.10 Å². The van der Waals surface area contributed by atoms with Crippen LogP contribution in [0.2, 0.25) is 0 Å². The maximum absolute atomic E-state index is 11.3. The van der Waals surface area contributed by atoms with Crippen LogP contribution in [0.1, 0.15) is 16.1 Å². The van der Waals surface area contributed by atoms with Crippen molar-refractivity contribution in [2.45, 2.75) is 6.42 Å². The van der Waals surface area contributed by atoms with Gasteiger partial charge in [-0.25, -0.2) is 4.79 Å². The molecule has 0 saturated carbocycles. The second kappa shape index (κ2) is 5.01. The fourth-order valence-electron chi connectivity index (χ4n) is 1.18. The van der Waals surface area contributed by atoms with Crippen LogP contribution < -0.4 is 0 Å². The Morgan fingerprint density at radius 3 is 3.12 bits per heavy atom. The fraction of sp³-hybridized carbons (Fsp3) is 0.200. The molecule has 16 heavy (non-hydrogen) atoms. The normalized spacial score (nSPS) is 10.0. The van der Waals surface area contributed by atoms with E-state index in [2.05, 4.69) is 20.4 Å². The molecule has 0 atom stereocenters. The van der Waals surface area contributed by atoms with Crippen molar-refractivity contribution in [2.75, 3.05) is 6.61 Å². The SMILES string of the molecule is O=C(OCCc1cccnc1)c1c[nH]nn1. The Hall–Kier alpha value is -2.24. The summed E-state index contributed by atoms with van der Waals surface area (Å²) in [5.74, 6) is -0.474. The fourth-order valence-corrected chi connectivity index (χ4v) is 1.18. The Bertz CT molecular complexity index is 441. The predicted molar refractivity (Wildman–Crippen MR) is 54.6 cm³/mol. The van der Waals surface area contributed by atoms with Gasteiger partial charge in [-0.1, -0.05) is 11.3 Å². The third-order valence-electron chi connectivity index (χ3n) is 1.97. The van der Waals surface area contributed by atoms with Crippen molar-refractivity contribution in [3.63, 3.8) is 0 Å². The second-order valence-electron chi connectivity index (χ2n) is 3.11. The highest BCUT2D eigenvalue weighted by Crippen LogP contribution is 1.99. The summed E-state index contributed by atoms with van der Waals surface area (Å²) in [4.78, 5) is 15.3. The van der Waals surface area contributed by atoms with Gasteiger partial charge in [-0.05, 0) is 11.6 Å². The summed E-state index contributed by atoms with van der Waals surface area (Å²) < 4.78 is 5.00. The van der Waals surface area contributed by atoms with Crippen LogP contribution in [-0.4, -0.2) is 33.0 Å². The van der Waals surface area contributed by atoms with Gasteiger partial charge in [0.1, 0.15) is 0 Å². The number of rotatable bonds is 4. The van der Waals surface area contributed by atoms with Gasteiger partial charge in [0.25, 0.3) is 0 Å². The lowest BCUT2D eigenvalue weighted by molar-refractivity contribution is 0.0502. The molecule has 0 spiro atoms. The van der Waals surface area contributed by atoms with Crippen LogP contribution in [0.25, 0.3) is 0 Å². The number of H-pyrrole nitrogens is 1. The zero-order valence-electron chi connectivity index (χ0n) is 8.46. The van der Waals surface area contributed by atoms with Crippen LogP contribution in [0, 0.1) is 0 Å². The first-order chi connectivity index (χ1) is 7.86. The Balaban J connectivity index is 1.79. The van der Waals surface area contributed by atoms with Crippen LogP contribution >= 0.6 is 0 Å².